The van der Waals surface area contributed by atoms with Gasteiger partial charge in [-0.15, -0.1) is 0 Å². The highest BCUT2D eigenvalue weighted by molar-refractivity contribution is 5.74. The molecule has 0 fully saturated rings. The number of nitrogens with one attached hydrogen (secondary N) is 1. The number of H-pyrrole nitrogens is 1. The average Bonchev–Trinajstić information content (AvgIpc) is 2.62. The van der Waals surface area contributed by atoms with Crippen LogP contribution in [0.25, 0.3) is 11.2 Å². The summed E-state index contributed by atoms with van der Waals surface area (Å²) in [6, 6.07) is 0. The van der Waals surface area contributed by atoms with E-state index in [-0.39, 0.29) is 0 Å². The van der Waals surface area contributed by atoms with Gasteiger partial charge in [-0.1, -0.05) is 0 Å². The van der Waals surface area contributed by atoms with Crippen molar-refractivity contribution in [3.8, 4) is 5.88 Å². The molecule has 0 unspecified atom stereocenters. The molecule has 0 saturated heterocycles. The molecule has 6 nitrogen and oxygen atoms in total. The minimum Gasteiger partial charge on any atom is -0.339 e. The molecule has 0 aliphatic heterocycles. The van der Waals surface area contributed by atoms with Gasteiger partial charge in [-0.3, -0.25) is 0 Å². The Hall–Kier alpha value is -1.69. The van der Waals surface area contributed by atoms with E-state index in [9.17, 15) is 0 Å². The number of hydrogen-bond donors (Lipinski definition) is 1. The summed E-state index contributed by atoms with van der Waals surface area (Å²) in [6.45, 7) is 2.28. The Kier molecular flexibility index (Phi) is 2.05. The van der Waals surface area contributed by atoms with Crippen LogP contribution in [0, 0.1) is 0 Å². The number of hydrogen-bond acceptors (Lipinski definition) is 5. The van der Waals surface area contributed by atoms with Gasteiger partial charge in [-0.2, -0.15) is 9.87 Å². The van der Waals surface area contributed by atoms with E-state index >= 15 is 0 Å². The molecule has 0 aromatic carbocycles. The first kappa shape index (κ1) is 7.93. The SMILES string of the molecule is CCOOc1ncnc2nc[nH]c12. The molecule has 2 heterocycles. The predicted octanol–water partition coefficient (Wildman–Crippen LogP) is 0.683. The fraction of sp³-hybridized carbons (Fsp3) is 0.286. The van der Waals surface area contributed by atoms with E-state index in [1.807, 2.05) is 6.92 Å². The summed E-state index contributed by atoms with van der Waals surface area (Å²) in [7, 11) is 0. The Morgan fingerprint density at radius 3 is 3.15 bits per heavy atom. The molecule has 0 amide bonds. The van der Waals surface area contributed by atoms with E-state index in [4.69, 9.17) is 9.78 Å². The Morgan fingerprint density at radius 2 is 2.31 bits per heavy atom. The van der Waals surface area contributed by atoms with E-state index in [1.165, 1.54) is 12.7 Å². The van der Waals surface area contributed by atoms with Crippen molar-refractivity contribution in [2.75, 3.05) is 6.61 Å². The first-order valence-electron chi connectivity index (χ1n) is 3.85. The molecule has 0 spiro atoms. The Balaban J connectivity index is 2.37. The lowest BCUT2D eigenvalue weighted by atomic mass is 10.5. The number of imidazole rings is 1. The van der Waals surface area contributed by atoms with Crippen molar-refractivity contribution in [1.29, 1.82) is 0 Å². The molecule has 0 radical (unpaired) electrons. The normalized spacial score (nSPS) is 10.5. The fourth-order valence-electron chi connectivity index (χ4n) is 0.921. The van der Waals surface area contributed by atoms with E-state index in [0.29, 0.717) is 23.7 Å². The zero-order valence-electron chi connectivity index (χ0n) is 7.02. The first-order valence-corrected chi connectivity index (χ1v) is 3.85. The molecule has 2 rings (SSSR count). The summed E-state index contributed by atoms with van der Waals surface area (Å²) >= 11 is 0. The topological polar surface area (TPSA) is 72.9 Å². The summed E-state index contributed by atoms with van der Waals surface area (Å²) < 4.78 is 0. The largest absolute Gasteiger partial charge is 0.339 e. The summed E-state index contributed by atoms with van der Waals surface area (Å²) in [5.74, 6) is 0.351. The van der Waals surface area contributed by atoms with Crippen LogP contribution in [0.2, 0.25) is 0 Å². The van der Waals surface area contributed by atoms with Gasteiger partial charge >= 0.3 is 0 Å². The van der Waals surface area contributed by atoms with Crippen molar-refractivity contribution in [2.45, 2.75) is 6.92 Å². The van der Waals surface area contributed by atoms with Crippen LogP contribution >= 0.6 is 0 Å². The van der Waals surface area contributed by atoms with E-state index in [2.05, 4.69) is 19.9 Å². The number of aromatic amines is 1. The van der Waals surface area contributed by atoms with Gasteiger partial charge in [0.25, 0.3) is 5.88 Å². The highest BCUT2D eigenvalue weighted by Crippen LogP contribution is 2.16. The van der Waals surface area contributed by atoms with Gasteiger partial charge in [0.15, 0.2) is 11.2 Å². The van der Waals surface area contributed by atoms with Crippen molar-refractivity contribution in [3.63, 3.8) is 0 Å². The molecule has 13 heavy (non-hydrogen) atoms. The Bertz CT molecular complexity index is 400. The van der Waals surface area contributed by atoms with Crippen LogP contribution in [-0.4, -0.2) is 26.5 Å². The molecule has 2 aromatic rings. The summed E-state index contributed by atoms with van der Waals surface area (Å²) in [5.41, 5.74) is 1.20. The number of aromatic nitrogens is 4. The second-order valence-corrected chi connectivity index (χ2v) is 2.27. The zero-order chi connectivity index (χ0) is 9.10. The Labute approximate surface area is 73.9 Å². The quantitative estimate of drug-likeness (QED) is 0.555. The van der Waals surface area contributed by atoms with Gasteiger partial charge < -0.3 is 9.87 Å². The van der Waals surface area contributed by atoms with E-state index in [0.717, 1.165) is 0 Å². The average molecular weight is 180 g/mol. The highest BCUT2D eigenvalue weighted by Gasteiger charge is 2.06. The van der Waals surface area contributed by atoms with Gasteiger partial charge in [0.05, 0.1) is 12.9 Å². The third-order valence-corrected chi connectivity index (χ3v) is 1.44. The number of fused-ring (bicyclic) bond motifs is 1. The maximum Gasteiger partial charge on any atom is 0.285 e. The van der Waals surface area contributed by atoms with Crippen LogP contribution in [0.15, 0.2) is 12.7 Å². The van der Waals surface area contributed by atoms with Crippen LogP contribution in [0.5, 0.6) is 5.88 Å². The first-order chi connectivity index (χ1) is 6.42. The molecule has 0 aliphatic rings. The summed E-state index contributed by atoms with van der Waals surface area (Å²) in [4.78, 5) is 24.3. The van der Waals surface area contributed by atoms with Gasteiger partial charge in [-0.05, 0) is 6.92 Å². The van der Waals surface area contributed by atoms with Gasteiger partial charge in [0, 0.05) is 0 Å². The van der Waals surface area contributed by atoms with E-state index < -0.39 is 0 Å². The maximum atomic E-state index is 4.90. The minimum absolute atomic E-state index is 0.351. The monoisotopic (exact) mass is 180 g/mol. The second kappa shape index (κ2) is 3.36. The van der Waals surface area contributed by atoms with Crippen molar-refractivity contribution < 1.29 is 9.78 Å². The van der Waals surface area contributed by atoms with E-state index in [1.54, 1.807) is 0 Å². The number of nitrogens with zero attached hydrogens (tertiary/aromatic N) is 3. The summed E-state index contributed by atoms with van der Waals surface area (Å²) in [6.07, 6.45) is 2.90. The molecule has 0 bridgehead atoms. The fourth-order valence-corrected chi connectivity index (χ4v) is 0.921. The molecule has 6 heteroatoms. The number of rotatable bonds is 3. The maximum absolute atomic E-state index is 4.90. The van der Waals surface area contributed by atoms with Crippen LogP contribution in [-0.2, 0) is 4.89 Å². The van der Waals surface area contributed by atoms with Gasteiger partial charge in [0.1, 0.15) is 6.33 Å². The smallest absolute Gasteiger partial charge is 0.285 e. The van der Waals surface area contributed by atoms with Gasteiger partial charge in [0.2, 0.25) is 0 Å². The standard InChI is InChI=1S/C7H8N4O2/c1-2-12-13-7-5-6(9-3-8-5)10-4-11-7/h3-4H,2H2,1H3,(H,8,9,10,11). The lowest BCUT2D eigenvalue weighted by Crippen LogP contribution is -1.98. The molecule has 0 atom stereocenters. The predicted molar refractivity (Wildman–Crippen MR) is 43.9 cm³/mol. The zero-order valence-corrected chi connectivity index (χ0v) is 7.02. The van der Waals surface area contributed by atoms with Crippen LogP contribution in [0.1, 0.15) is 6.92 Å². The van der Waals surface area contributed by atoms with Crippen molar-refractivity contribution >= 4 is 11.2 Å². The molecule has 68 valence electrons. The molecule has 0 saturated carbocycles. The van der Waals surface area contributed by atoms with Crippen LogP contribution in [0.3, 0.4) is 0 Å². The summed E-state index contributed by atoms with van der Waals surface area (Å²) in [5, 5.41) is 0. The van der Waals surface area contributed by atoms with Crippen molar-refractivity contribution in [1.82, 2.24) is 19.9 Å². The lowest BCUT2D eigenvalue weighted by Gasteiger charge is -2.00. The molecule has 1 N–H and O–H groups in total. The molecule has 2 aromatic heterocycles. The second-order valence-electron chi connectivity index (χ2n) is 2.27. The molecular weight excluding hydrogens is 172 g/mol. The van der Waals surface area contributed by atoms with Crippen molar-refractivity contribution in [3.05, 3.63) is 12.7 Å². The molecule has 0 aliphatic carbocycles. The Morgan fingerprint density at radius 1 is 1.38 bits per heavy atom. The highest BCUT2D eigenvalue weighted by atomic mass is 17.2. The minimum atomic E-state index is 0.351. The van der Waals surface area contributed by atoms with Crippen molar-refractivity contribution in [2.24, 2.45) is 0 Å². The third-order valence-electron chi connectivity index (χ3n) is 1.44. The van der Waals surface area contributed by atoms with Gasteiger partial charge in [-0.25, -0.2) is 9.97 Å². The molecular formula is C7H8N4O2. The van der Waals surface area contributed by atoms with Crippen LogP contribution < -0.4 is 4.89 Å². The third kappa shape index (κ3) is 1.43. The van der Waals surface area contributed by atoms with Crippen LogP contribution in [0.4, 0.5) is 0 Å². The lowest BCUT2D eigenvalue weighted by molar-refractivity contribution is -0.204.